The Morgan fingerprint density at radius 3 is 2.62 bits per heavy atom. The first-order valence-corrected chi connectivity index (χ1v) is 8.21. The Morgan fingerprint density at radius 1 is 1.19 bits per heavy atom. The van der Waals surface area contributed by atoms with Gasteiger partial charge in [0.15, 0.2) is 11.5 Å². The van der Waals surface area contributed by atoms with E-state index in [1.807, 2.05) is 12.1 Å². The van der Waals surface area contributed by atoms with Crippen LogP contribution in [0, 0.1) is 5.92 Å². The second kappa shape index (κ2) is 7.90. The maximum atomic E-state index is 6.44. The smallest absolute Gasteiger partial charge is 0.179 e. The van der Waals surface area contributed by atoms with Gasteiger partial charge in [0.1, 0.15) is 0 Å². The van der Waals surface area contributed by atoms with Crippen LogP contribution in [-0.2, 0) is 6.54 Å². The molecule has 118 valence electrons. The summed E-state index contributed by atoms with van der Waals surface area (Å²) in [7, 11) is 3.25. The monoisotopic (exact) mass is 311 g/mol. The van der Waals surface area contributed by atoms with E-state index in [0.717, 1.165) is 18.0 Å². The molecule has 2 atom stereocenters. The Balaban J connectivity index is 2.06. The highest BCUT2D eigenvalue weighted by Gasteiger charge is 2.23. The second-order valence-corrected chi connectivity index (χ2v) is 6.09. The number of hydrogen-bond acceptors (Lipinski definition) is 3. The fourth-order valence-corrected chi connectivity index (χ4v) is 3.57. The molecule has 1 aromatic rings. The van der Waals surface area contributed by atoms with E-state index < -0.39 is 0 Å². The molecule has 1 aliphatic carbocycles. The minimum Gasteiger partial charge on any atom is -0.493 e. The zero-order valence-corrected chi connectivity index (χ0v) is 14.0. The number of halogens is 1. The Labute approximate surface area is 133 Å². The van der Waals surface area contributed by atoms with Gasteiger partial charge in [0, 0.05) is 12.6 Å². The summed E-state index contributed by atoms with van der Waals surface area (Å²) in [6, 6.07) is 4.54. The SMILES string of the molecule is CCC1CCCCC1NCc1ccc(OC)c(OC)c1Cl. The molecule has 1 N–H and O–H groups in total. The number of benzene rings is 1. The van der Waals surface area contributed by atoms with Crippen LogP contribution in [0.5, 0.6) is 11.5 Å². The average molecular weight is 312 g/mol. The van der Waals surface area contributed by atoms with Crippen molar-refractivity contribution in [3.63, 3.8) is 0 Å². The van der Waals surface area contributed by atoms with E-state index in [0.29, 0.717) is 22.6 Å². The van der Waals surface area contributed by atoms with E-state index in [9.17, 15) is 0 Å². The maximum Gasteiger partial charge on any atom is 0.179 e. The number of ether oxygens (including phenoxy) is 2. The van der Waals surface area contributed by atoms with Gasteiger partial charge in [-0.2, -0.15) is 0 Å². The summed E-state index contributed by atoms with van der Waals surface area (Å²) in [6.07, 6.45) is 6.55. The summed E-state index contributed by atoms with van der Waals surface area (Å²) in [5, 5.41) is 4.33. The normalized spacial score (nSPS) is 22.1. The van der Waals surface area contributed by atoms with Crippen molar-refractivity contribution in [2.45, 2.75) is 51.6 Å². The molecule has 3 nitrogen and oxygen atoms in total. The van der Waals surface area contributed by atoms with Crippen LogP contribution in [0.2, 0.25) is 5.02 Å². The largest absolute Gasteiger partial charge is 0.493 e. The molecule has 1 saturated carbocycles. The summed E-state index contributed by atoms with van der Waals surface area (Å²) < 4.78 is 10.6. The first-order chi connectivity index (χ1) is 10.2. The summed E-state index contributed by atoms with van der Waals surface area (Å²) in [5.74, 6) is 2.09. The van der Waals surface area contributed by atoms with E-state index in [4.69, 9.17) is 21.1 Å². The first kappa shape index (κ1) is 16.4. The van der Waals surface area contributed by atoms with Crippen LogP contribution in [0.1, 0.15) is 44.6 Å². The third-order valence-electron chi connectivity index (χ3n) is 4.55. The highest BCUT2D eigenvalue weighted by atomic mass is 35.5. The lowest BCUT2D eigenvalue weighted by Crippen LogP contribution is -2.37. The summed E-state index contributed by atoms with van der Waals surface area (Å²) in [6.45, 7) is 3.06. The summed E-state index contributed by atoms with van der Waals surface area (Å²) in [4.78, 5) is 0. The molecular formula is C17H26ClNO2. The Morgan fingerprint density at radius 2 is 1.95 bits per heavy atom. The Hall–Kier alpha value is -0.930. The quantitative estimate of drug-likeness (QED) is 0.844. The molecule has 0 bridgehead atoms. The van der Waals surface area contributed by atoms with Crippen LogP contribution in [0.3, 0.4) is 0 Å². The van der Waals surface area contributed by atoms with Gasteiger partial charge in [-0.3, -0.25) is 0 Å². The van der Waals surface area contributed by atoms with E-state index >= 15 is 0 Å². The third kappa shape index (κ3) is 3.83. The topological polar surface area (TPSA) is 30.5 Å². The predicted octanol–water partition coefficient (Wildman–Crippen LogP) is 4.42. The van der Waals surface area contributed by atoms with Gasteiger partial charge >= 0.3 is 0 Å². The predicted molar refractivity (Wildman–Crippen MR) is 87.4 cm³/mol. The van der Waals surface area contributed by atoms with Crippen LogP contribution in [-0.4, -0.2) is 20.3 Å². The van der Waals surface area contributed by atoms with Crippen molar-refractivity contribution < 1.29 is 9.47 Å². The summed E-state index contributed by atoms with van der Waals surface area (Å²) in [5.41, 5.74) is 1.06. The lowest BCUT2D eigenvalue weighted by Gasteiger charge is -2.32. The van der Waals surface area contributed by atoms with Crippen molar-refractivity contribution in [3.8, 4) is 11.5 Å². The van der Waals surface area contributed by atoms with E-state index in [-0.39, 0.29) is 0 Å². The number of nitrogens with one attached hydrogen (secondary N) is 1. The van der Waals surface area contributed by atoms with Crippen molar-refractivity contribution >= 4 is 11.6 Å². The van der Waals surface area contributed by atoms with Crippen LogP contribution in [0.15, 0.2) is 12.1 Å². The van der Waals surface area contributed by atoms with Crippen molar-refractivity contribution in [2.24, 2.45) is 5.92 Å². The molecule has 0 aromatic heterocycles. The van der Waals surface area contributed by atoms with Crippen LogP contribution < -0.4 is 14.8 Å². The van der Waals surface area contributed by atoms with E-state index in [2.05, 4.69) is 12.2 Å². The average Bonchev–Trinajstić information content (AvgIpc) is 2.53. The number of methoxy groups -OCH3 is 2. The van der Waals surface area contributed by atoms with Crippen molar-refractivity contribution in [3.05, 3.63) is 22.7 Å². The molecule has 1 fully saturated rings. The lowest BCUT2D eigenvalue weighted by atomic mass is 9.83. The minimum atomic E-state index is 0.605. The van der Waals surface area contributed by atoms with E-state index in [1.54, 1.807) is 14.2 Å². The highest BCUT2D eigenvalue weighted by Crippen LogP contribution is 2.37. The molecule has 0 heterocycles. The molecule has 0 radical (unpaired) electrons. The number of rotatable bonds is 6. The first-order valence-electron chi connectivity index (χ1n) is 7.84. The van der Waals surface area contributed by atoms with Crippen molar-refractivity contribution in [2.75, 3.05) is 14.2 Å². The van der Waals surface area contributed by atoms with Gasteiger partial charge in [-0.25, -0.2) is 0 Å². The molecule has 0 saturated heterocycles. The molecule has 0 amide bonds. The molecular weight excluding hydrogens is 286 g/mol. The molecule has 2 rings (SSSR count). The van der Waals surface area contributed by atoms with Crippen molar-refractivity contribution in [1.82, 2.24) is 5.32 Å². The zero-order valence-electron chi connectivity index (χ0n) is 13.2. The van der Waals surface area contributed by atoms with E-state index in [1.165, 1.54) is 32.1 Å². The van der Waals surface area contributed by atoms with Gasteiger partial charge < -0.3 is 14.8 Å². The number of hydrogen-bond donors (Lipinski definition) is 1. The molecule has 0 spiro atoms. The van der Waals surface area contributed by atoms with Gasteiger partial charge in [0.2, 0.25) is 0 Å². The molecule has 1 aromatic carbocycles. The summed E-state index contributed by atoms with van der Waals surface area (Å²) >= 11 is 6.44. The molecule has 4 heteroatoms. The van der Waals surface area contributed by atoms with Crippen LogP contribution in [0.4, 0.5) is 0 Å². The highest BCUT2D eigenvalue weighted by molar-refractivity contribution is 6.33. The lowest BCUT2D eigenvalue weighted by molar-refractivity contribution is 0.254. The maximum absolute atomic E-state index is 6.44. The Kier molecular flexibility index (Phi) is 6.19. The standard InChI is InChI=1S/C17H26ClNO2/c1-4-12-7-5-6-8-14(12)19-11-13-9-10-15(20-2)17(21-3)16(13)18/h9-10,12,14,19H,4-8,11H2,1-3H3. The second-order valence-electron chi connectivity index (χ2n) is 5.71. The van der Waals surface area contributed by atoms with Gasteiger partial charge in [-0.15, -0.1) is 0 Å². The zero-order chi connectivity index (χ0) is 15.2. The van der Waals surface area contributed by atoms with Crippen molar-refractivity contribution in [1.29, 1.82) is 0 Å². The molecule has 0 aliphatic heterocycles. The molecule has 21 heavy (non-hydrogen) atoms. The molecule has 1 aliphatic rings. The van der Waals surface area contributed by atoms with Gasteiger partial charge in [-0.05, 0) is 30.4 Å². The molecule has 2 unspecified atom stereocenters. The fraction of sp³-hybridized carbons (Fsp3) is 0.647. The van der Waals surface area contributed by atoms with Gasteiger partial charge in [0.05, 0.1) is 19.2 Å². The minimum absolute atomic E-state index is 0.605. The third-order valence-corrected chi connectivity index (χ3v) is 4.97. The van der Waals surface area contributed by atoms with Gasteiger partial charge in [-0.1, -0.05) is 43.9 Å². The van der Waals surface area contributed by atoms with Gasteiger partial charge in [0.25, 0.3) is 0 Å². The van der Waals surface area contributed by atoms with Crippen LogP contribution >= 0.6 is 11.6 Å². The van der Waals surface area contributed by atoms with Crippen LogP contribution in [0.25, 0.3) is 0 Å². The Bertz CT molecular complexity index is 464. The fourth-order valence-electron chi connectivity index (χ4n) is 3.27.